The van der Waals surface area contributed by atoms with Gasteiger partial charge in [-0.25, -0.2) is 0 Å². The lowest BCUT2D eigenvalue weighted by Crippen LogP contribution is -2.66. The predicted molar refractivity (Wildman–Crippen MR) is 272 cm³/mol. The monoisotopic (exact) mass is 972 g/mol. The van der Waals surface area contributed by atoms with E-state index in [0.717, 1.165) is 38.9 Å². The molecule has 11 nitrogen and oxygen atoms in total. The Bertz CT molecular complexity index is 2550. The fourth-order valence-corrected chi connectivity index (χ4v) is 8.98. The number of aliphatic hydroxyl groups excluding tert-OH is 1. The van der Waals surface area contributed by atoms with Crippen molar-refractivity contribution < 1.29 is 52.5 Å². The Morgan fingerprint density at radius 2 is 0.556 bits per heavy atom. The van der Waals surface area contributed by atoms with Gasteiger partial charge < -0.3 is 52.5 Å². The molecule has 72 heavy (non-hydrogen) atoms. The Kier molecular flexibility index (Phi) is 19.3. The van der Waals surface area contributed by atoms with E-state index >= 15 is 0 Å². The van der Waals surface area contributed by atoms with Gasteiger partial charge in [0, 0.05) is 0 Å². The molecule has 0 aromatic heterocycles. The topological polar surface area (TPSA) is 113 Å². The van der Waals surface area contributed by atoms with Crippen LogP contribution in [0.15, 0.2) is 212 Å². The SMILES string of the molecule is O[C@@H]1OC(COCc2ccccc2)[C@H](OCc2ccccc2)C(OCc2ccccc2)C1O[C@H]1OC(COCc2ccccc2)[C@@H](OCc2ccccc2)C(OCc2ccccc2)C1OCc1ccccc1. The summed E-state index contributed by atoms with van der Waals surface area (Å²) in [7, 11) is 0. The highest BCUT2D eigenvalue weighted by molar-refractivity contribution is 5.19. The van der Waals surface area contributed by atoms with E-state index in [9.17, 15) is 5.11 Å². The van der Waals surface area contributed by atoms with Crippen molar-refractivity contribution in [2.24, 2.45) is 0 Å². The van der Waals surface area contributed by atoms with E-state index in [1.54, 1.807) is 0 Å². The van der Waals surface area contributed by atoms with Gasteiger partial charge in [-0.3, -0.25) is 0 Å². The molecule has 0 radical (unpaired) electrons. The molecule has 374 valence electrons. The van der Waals surface area contributed by atoms with Gasteiger partial charge in [-0.05, 0) is 38.9 Å². The van der Waals surface area contributed by atoms with Gasteiger partial charge in [0.1, 0.15) is 48.8 Å². The van der Waals surface area contributed by atoms with Crippen LogP contribution in [0, 0.1) is 0 Å². The van der Waals surface area contributed by atoms with Crippen LogP contribution in [0.2, 0.25) is 0 Å². The van der Waals surface area contributed by atoms with Crippen LogP contribution in [0.5, 0.6) is 0 Å². The molecule has 2 aliphatic rings. The molecule has 7 aromatic rings. The van der Waals surface area contributed by atoms with Crippen LogP contribution in [-0.2, 0) is 93.6 Å². The first-order valence-electron chi connectivity index (χ1n) is 24.8. The minimum absolute atomic E-state index is 0.0999. The van der Waals surface area contributed by atoms with Crippen LogP contribution >= 0.6 is 0 Å². The van der Waals surface area contributed by atoms with Crippen LogP contribution in [0.3, 0.4) is 0 Å². The number of benzene rings is 7. The summed E-state index contributed by atoms with van der Waals surface area (Å²) in [5.41, 5.74) is 6.77. The lowest BCUT2D eigenvalue weighted by Gasteiger charge is -2.49. The second-order valence-electron chi connectivity index (χ2n) is 18.0. The van der Waals surface area contributed by atoms with Gasteiger partial charge in [0.25, 0.3) is 0 Å². The maximum absolute atomic E-state index is 12.3. The van der Waals surface area contributed by atoms with Crippen molar-refractivity contribution in [3.05, 3.63) is 251 Å². The number of hydrogen-bond donors (Lipinski definition) is 1. The van der Waals surface area contributed by atoms with Crippen LogP contribution in [0.4, 0.5) is 0 Å². The van der Waals surface area contributed by atoms with Crippen molar-refractivity contribution in [2.75, 3.05) is 13.2 Å². The van der Waals surface area contributed by atoms with E-state index < -0.39 is 61.4 Å². The fourth-order valence-electron chi connectivity index (χ4n) is 8.98. The van der Waals surface area contributed by atoms with Crippen molar-refractivity contribution in [3.63, 3.8) is 0 Å². The third-order valence-electron chi connectivity index (χ3n) is 12.7. The van der Waals surface area contributed by atoms with Crippen LogP contribution in [0.1, 0.15) is 38.9 Å². The molecule has 0 bridgehead atoms. The molecule has 9 rings (SSSR count). The summed E-state index contributed by atoms with van der Waals surface area (Å²) < 4.78 is 68.3. The van der Waals surface area contributed by atoms with Gasteiger partial charge in [0.15, 0.2) is 12.6 Å². The zero-order valence-corrected chi connectivity index (χ0v) is 40.4. The highest BCUT2D eigenvalue weighted by Crippen LogP contribution is 2.36. The van der Waals surface area contributed by atoms with Gasteiger partial charge in [-0.1, -0.05) is 212 Å². The predicted octanol–water partition coefficient (Wildman–Crippen LogP) is 10.2. The Morgan fingerprint density at radius 3 is 0.889 bits per heavy atom. The zero-order valence-electron chi connectivity index (χ0n) is 40.4. The Morgan fingerprint density at radius 1 is 0.292 bits per heavy atom. The average Bonchev–Trinajstić information content (AvgIpc) is 3.43. The fraction of sp³-hybridized carbons (Fsp3) is 0.311. The van der Waals surface area contributed by atoms with E-state index in [1.807, 2.05) is 212 Å². The van der Waals surface area contributed by atoms with E-state index in [0.29, 0.717) is 13.2 Å². The van der Waals surface area contributed by atoms with Crippen molar-refractivity contribution in [2.45, 2.75) is 108 Å². The highest BCUT2D eigenvalue weighted by atomic mass is 16.8. The molecule has 0 spiro atoms. The molecule has 2 heterocycles. The second-order valence-corrected chi connectivity index (χ2v) is 18.0. The van der Waals surface area contributed by atoms with Crippen LogP contribution in [-0.4, -0.2) is 79.7 Å². The van der Waals surface area contributed by atoms with Crippen LogP contribution < -0.4 is 0 Å². The van der Waals surface area contributed by atoms with E-state index in [4.69, 9.17) is 47.4 Å². The quantitative estimate of drug-likeness (QED) is 0.0591. The minimum Gasteiger partial charge on any atom is -0.374 e. The van der Waals surface area contributed by atoms with Gasteiger partial charge in [-0.15, -0.1) is 0 Å². The first-order chi connectivity index (χ1) is 35.6. The van der Waals surface area contributed by atoms with Crippen molar-refractivity contribution in [1.82, 2.24) is 0 Å². The molecule has 0 saturated carbocycles. The summed E-state index contributed by atoms with van der Waals surface area (Å²) in [5.74, 6) is 0. The summed E-state index contributed by atoms with van der Waals surface area (Å²) >= 11 is 0. The molecule has 11 heteroatoms. The molecular formula is C61H64O11. The smallest absolute Gasteiger partial charge is 0.187 e. The lowest BCUT2D eigenvalue weighted by atomic mass is 9.96. The molecule has 7 aromatic carbocycles. The van der Waals surface area contributed by atoms with Crippen molar-refractivity contribution in [3.8, 4) is 0 Å². The summed E-state index contributed by atoms with van der Waals surface area (Å²) in [6, 6.07) is 69.6. The molecule has 2 aliphatic heterocycles. The van der Waals surface area contributed by atoms with Crippen molar-refractivity contribution >= 4 is 0 Å². The number of ether oxygens (including phenoxy) is 10. The maximum Gasteiger partial charge on any atom is 0.187 e. The summed E-state index contributed by atoms with van der Waals surface area (Å²) in [6.45, 7) is 2.01. The first kappa shape index (κ1) is 51.0. The minimum atomic E-state index is -1.52. The van der Waals surface area contributed by atoms with Gasteiger partial charge in [0.05, 0.1) is 59.5 Å². The molecule has 10 atom stereocenters. The van der Waals surface area contributed by atoms with E-state index in [2.05, 4.69) is 0 Å². The third-order valence-corrected chi connectivity index (χ3v) is 12.7. The van der Waals surface area contributed by atoms with E-state index in [-0.39, 0.29) is 46.2 Å². The lowest BCUT2D eigenvalue weighted by molar-refractivity contribution is -0.379. The Balaban J connectivity index is 1.07. The summed E-state index contributed by atoms with van der Waals surface area (Å²) in [4.78, 5) is 0. The molecule has 0 amide bonds. The molecule has 6 unspecified atom stereocenters. The average molecular weight is 973 g/mol. The van der Waals surface area contributed by atoms with Gasteiger partial charge in [0.2, 0.25) is 0 Å². The highest BCUT2D eigenvalue weighted by Gasteiger charge is 2.54. The molecular weight excluding hydrogens is 909 g/mol. The summed E-state index contributed by atoms with van der Waals surface area (Å²) in [6.07, 6.45) is -9.48. The van der Waals surface area contributed by atoms with E-state index in [1.165, 1.54) is 0 Å². The standard InChI is InChI=1S/C61H64O11/c62-60-58(56(67-40-49-30-16-5-17-31-49)54(65-38-47-26-12-3-13-27-47)52(70-60)43-63-36-45-22-8-1-9-23-45)72-61-59(69-42-51-34-20-7-21-35-51)57(68-41-50-32-18-6-19-33-50)55(66-39-48-28-14-4-15-29-48)53(71-61)44-64-37-46-24-10-2-11-25-46/h1-35,52-62H,36-44H2/t52?,53?,54-,55+,56?,57?,58?,59?,60+,61+/m0/s1. The van der Waals surface area contributed by atoms with Crippen molar-refractivity contribution in [1.29, 1.82) is 0 Å². The Labute approximate surface area is 423 Å². The third kappa shape index (κ3) is 14.8. The first-order valence-corrected chi connectivity index (χ1v) is 24.8. The largest absolute Gasteiger partial charge is 0.374 e. The molecule has 2 saturated heterocycles. The molecule has 1 N–H and O–H groups in total. The maximum atomic E-state index is 12.3. The number of rotatable bonds is 25. The Hall–Kier alpha value is -5.90. The normalized spacial score (nSPS) is 24.2. The number of hydrogen-bond acceptors (Lipinski definition) is 11. The molecule has 2 fully saturated rings. The van der Waals surface area contributed by atoms with Crippen LogP contribution in [0.25, 0.3) is 0 Å². The molecule has 0 aliphatic carbocycles. The zero-order chi connectivity index (χ0) is 49.0. The van der Waals surface area contributed by atoms with Gasteiger partial charge >= 0.3 is 0 Å². The summed E-state index contributed by atoms with van der Waals surface area (Å²) in [5, 5.41) is 12.3. The number of aliphatic hydroxyl groups is 1. The van der Waals surface area contributed by atoms with Gasteiger partial charge in [-0.2, -0.15) is 0 Å². The second kappa shape index (κ2) is 27.2.